The first-order chi connectivity index (χ1) is 10.8. The Bertz CT molecular complexity index is 759. The molecule has 3 heterocycles. The van der Waals surface area contributed by atoms with Gasteiger partial charge < -0.3 is 9.88 Å². The molecule has 1 aromatic carbocycles. The van der Waals surface area contributed by atoms with Crippen molar-refractivity contribution in [2.75, 3.05) is 18.0 Å². The zero-order chi connectivity index (χ0) is 14.9. The van der Waals surface area contributed by atoms with Crippen LogP contribution in [0.4, 0.5) is 5.82 Å². The molecule has 112 valence electrons. The Hall–Kier alpha value is -2.14. The lowest BCUT2D eigenvalue weighted by Crippen LogP contribution is -2.33. The predicted molar refractivity (Wildman–Crippen MR) is 87.3 cm³/mol. The first-order valence-corrected chi connectivity index (χ1v) is 7.84. The fourth-order valence-electron chi connectivity index (χ4n) is 3.03. The standard InChI is InChI=1S/C16H16ClN5/c17-14-9-18-10-15(21-14)22-7-5-11(6-8-22)16-19-12-3-1-2-4-13(12)20-16/h1-4,9-11H,5-8H2,(H,19,20). The van der Waals surface area contributed by atoms with Crippen LogP contribution in [-0.2, 0) is 0 Å². The number of nitrogens with one attached hydrogen (secondary N) is 1. The molecule has 0 radical (unpaired) electrons. The molecule has 3 aromatic rings. The van der Waals surface area contributed by atoms with Crippen molar-refractivity contribution in [1.82, 2.24) is 19.9 Å². The van der Waals surface area contributed by atoms with E-state index in [0.717, 1.165) is 48.6 Å². The Morgan fingerprint density at radius 3 is 2.68 bits per heavy atom. The summed E-state index contributed by atoms with van der Waals surface area (Å²) in [5.41, 5.74) is 2.15. The number of piperidine rings is 1. The van der Waals surface area contributed by atoms with Crippen molar-refractivity contribution in [3.63, 3.8) is 0 Å². The van der Waals surface area contributed by atoms with Gasteiger partial charge in [0.2, 0.25) is 0 Å². The van der Waals surface area contributed by atoms with Gasteiger partial charge in [0.05, 0.1) is 23.4 Å². The van der Waals surface area contributed by atoms with Crippen molar-refractivity contribution in [1.29, 1.82) is 0 Å². The van der Waals surface area contributed by atoms with Crippen molar-refractivity contribution in [3.8, 4) is 0 Å². The van der Waals surface area contributed by atoms with E-state index in [1.807, 2.05) is 18.2 Å². The van der Waals surface area contributed by atoms with Gasteiger partial charge in [0.1, 0.15) is 16.8 Å². The molecule has 0 atom stereocenters. The molecule has 5 nitrogen and oxygen atoms in total. The summed E-state index contributed by atoms with van der Waals surface area (Å²) in [6.07, 6.45) is 5.43. The molecule has 1 N–H and O–H groups in total. The first-order valence-electron chi connectivity index (χ1n) is 7.47. The molecule has 2 aromatic heterocycles. The minimum atomic E-state index is 0.442. The van der Waals surface area contributed by atoms with Crippen LogP contribution in [0.3, 0.4) is 0 Å². The van der Waals surface area contributed by atoms with Gasteiger partial charge in [0.25, 0.3) is 0 Å². The number of aromatic nitrogens is 4. The first kappa shape index (κ1) is 13.5. The molecule has 1 fully saturated rings. The number of nitrogens with zero attached hydrogens (tertiary/aromatic N) is 4. The second kappa shape index (κ2) is 5.57. The minimum Gasteiger partial charge on any atom is -0.355 e. The van der Waals surface area contributed by atoms with Gasteiger partial charge in [-0.3, -0.25) is 4.98 Å². The third-order valence-electron chi connectivity index (χ3n) is 4.21. The van der Waals surface area contributed by atoms with Gasteiger partial charge in [-0.15, -0.1) is 0 Å². The Morgan fingerprint density at radius 1 is 1.09 bits per heavy atom. The molecule has 0 spiro atoms. The number of halogens is 1. The Labute approximate surface area is 133 Å². The number of benzene rings is 1. The van der Waals surface area contributed by atoms with E-state index in [1.54, 1.807) is 12.4 Å². The molecule has 0 aliphatic carbocycles. The van der Waals surface area contributed by atoms with Crippen LogP contribution < -0.4 is 4.90 Å². The second-order valence-corrected chi connectivity index (χ2v) is 5.99. The fourth-order valence-corrected chi connectivity index (χ4v) is 3.18. The lowest BCUT2D eigenvalue weighted by atomic mass is 9.96. The average Bonchev–Trinajstić information content (AvgIpc) is 2.99. The van der Waals surface area contributed by atoms with E-state index in [9.17, 15) is 0 Å². The van der Waals surface area contributed by atoms with Crippen molar-refractivity contribution >= 4 is 28.5 Å². The third kappa shape index (κ3) is 2.52. The summed E-state index contributed by atoms with van der Waals surface area (Å²) in [6.45, 7) is 1.88. The molecule has 0 saturated carbocycles. The number of anilines is 1. The molecule has 6 heteroatoms. The lowest BCUT2D eigenvalue weighted by molar-refractivity contribution is 0.487. The topological polar surface area (TPSA) is 57.7 Å². The van der Waals surface area contributed by atoms with E-state index in [-0.39, 0.29) is 0 Å². The maximum absolute atomic E-state index is 5.92. The average molecular weight is 314 g/mol. The quantitative estimate of drug-likeness (QED) is 0.788. The summed E-state index contributed by atoms with van der Waals surface area (Å²) in [5, 5.41) is 0.442. The Kier molecular flexibility index (Phi) is 3.42. The summed E-state index contributed by atoms with van der Waals surface area (Å²) < 4.78 is 0. The van der Waals surface area contributed by atoms with E-state index in [0.29, 0.717) is 11.1 Å². The fraction of sp³-hybridized carbons (Fsp3) is 0.312. The highest BCUT2D eigenvalue weighted by molar-refractivity contribution is 6.29. The SMILES string of the molecule is Clc1cncc(N2CCC(c3nc4ccccc4[nH]3)CC2)n1. The smallest absolute Gasteiger partial charge is 0.149 e. The normalized spacial score (nSPS) is 16.3. The summed E-state index contributed by atoms with van der Waals surface area (Å²) in [6, 6.07) is 8.17. The number of para-hydroxylation sites is 2. The van der Waals surface area contributed by atoms with Crippen LogP contribution in [-0.4, -0.2) is 33.0 Å². The monoisotopic (exact) mass is 313 g/mol. The lowest BCUT2D eigenvalue weighted by Gasteiger charge is -2.31. The van der Waals surface area contributed by atoms with Gasteiger partial charge in [-0.1, -0.05) is 23.7 Å². The van der Waals surface area contributed by atoms with Gasteiger partial charge in [-0.05, 0) is 25.0 Å². The summed E-state index contributed by atoms with van der Waals surface area (Å²) >= 11 is 5.92. The summed E-state index contributed by atoms with van der Waals surface area (Å²) in [7, 11) is 0. The van der Waals surface area contributed by atoms with Gasteiger partial charge in [0.15, 0.2) is 0 Å². The van der Waals surface area contributed by atoms with E-state index in [4.69, 9.17) is 16.6 Å². The van der Waals surface area contributed by atoms with Gasteiger partial charge in [0, 0.05) is 19.0 Å². The van der Waals surface area contributed by atoms with Crippen molar-refractivity contribution < 1.29 is 0 Å². The molecule has 22 heavy (non-hydrogen) atoms. The number of rotatable bonds is 2. The molecule has 0 amide bonds. The van der Waals surface area contributed by atoms with Crippen LogP contribution in [0.2, 0.25) is 5.15 Å². The van der Waals surface area contributed by atoms with Crippen molar-refractivity contribution in [2.45, 2.75) is 18.8 Å². The Balaban J connectivity index is 1.49. The summed E-state index contributed by atoms with van der Waals surface area (Å²) in [4.78, 5) is 18.9. The van der Waals surface area contributed by atoms with Crippen LogP contribution >= 0.6 is 11.6 Å². The molecule has 0 unspecified atom stereocenters. The van der Waals surface area contributed by atoms with Crippen LogP contribution in [0.5, 0.6) is 0 Å². The van der Waals surface area contributed by atoms with Crippen LogP contribution in [0.15, 0.2) is 36.7 Å². The van der Waals surface area contributed by atoms with Crippen molar-refractivity contribution in [2.24, 2.45) is 0 Å². The van der Waals surface area contributed by atoms with Gasteiger partial charge in [-0.25, -0.2) is 9.97 Å². The van der Waals surface area contributed by atoms with E-state index < -0.39 is 0 Å². The van der Waals surface area contributed by atoms with Crippen LogP contribution in [0.1, 0.15) is 24.6 Å². The Morgan fingerprint density at radius 2 is 1.91 bits per heavy atom. The molecule has 1 aliphatic rings. The molecular weight excluding hydrogens is 298 g/mol. The maximum Gasteiger partial charge on any atom is 0.149 e. The number of hydrogen-bond donors (Lipinski definition) is 1. The van der Waals surface area contributed by atoms with Gasteiger partial charge in [-0.2, -0.15) is 0 Å². The minimum absolute atomic E-state index is 0.442. The molecule has 4 rings (SSSR count). The van der Waals surface area contributed by atoms with Crippen LogP contribution in [0.25, 0.3) is 11.0 Å². The number of hydrogen-bond acceptors (Lipinski definition) is 4. The number of imidazole rings is 1. The van der Waals surface area contributed by atoms with Crippen LogP contribution in [0, 0.1) is 0 Å². The maximum atomic E-state index is 5.92. The zero-order valence-electron chi connectivity index (χ0n) is 12.0. The van der Waals surface area contributed by atoms with E-state index >= 15 is 0 Å². The highest BCUT2D eigenvalue weighted by Gasteiger charge is 2.24. The summed E-state index contributed by atoms with van der Waals surface area (Å²) in [5.74, 6) is 2.42. The highest BCUT2D eigenvalue weighted by Crippen LogP contribution is 2.29. The predicted octanol–water partition coefficient (Wildman–Crippen LogP) is 3.39. The third-order valence-corrected chi connectivity index (χ3v) is 4.39. The van der Waals surface area contributed by atoms with E-state index in [1.165, 1.54) is 0 Å². The number of H-pyrrole nitrogens is 1. The van der Waals surface area contributed by atoms with Crippen molar-refractivity contribution in [3.05, 3.63) is 47.6 Å². The second-order valence-electron chi connectivity index (χ2n) is 5.60. The molecular formula is C16H16ClN5. The molecule has 0 bridgehead atoms. The molecule has 1 saturated heterocycles. The molecule has 1 aliphatic heterocycles. The number of aromatic amines is 1. The highest BCUT2D eigenvalue weighted by atomic mass is 35.5. The zero-order valence-corrected chi connectivity index (χ0v) is 12.8. The largest absolute Gasteiger partial charge is 0.355 e. The van der Waals surface area contributed by atoms with E-state index in [2.05, 4.69) is 25.9 Å². The van der Waals surface area contributed by atoms with Gasteiger partial charge >= 0.3 is 0 Å². The number of fused-ring (bicyclic) bond motifs is 1.